The molecule has 2 unspecified atom stereocenters. The summed E-state index contributed by atoms with van der Waals surface area (Å²) >= 11 is 0. The molecule has 0 aromatic heterocycles. The van der Waals surface area contributed by atoms with E-state index < -0.39 is 23.9 Å². The number of epoxide rings is 2. The molecule has 0 radical (unpaired) electrons. The Labute approximate surface area is 227 Å². The van der Waals surface area contributed by atoms with Crippen LogP contribution in [0.3, 0.4) is 0 Å². The van der Waals surface area contributed by atoms with Crippen molar-refractivity contribution in [2.45, 2.75) is 25.0 Å². The normalized spacial score (nSPS) is 24.1. The third-order valence-corrected chi connectivity index (χ3v) is 6.21. The smallest absolute Gasteiger partial charge is 0.317 e. The standard InChI is InChI=1S/C18H32N4O8.C6H10O3/c23-15(24)11-19-3-1-4-20(12-16(25)26)8-10-22(14-18(29)30)6-2-5-21(9-7-19)13-17(27)28;1(5-3-8-5)7-2-6-4-9-6/h1-14H2,(H,23,24)(H,25,26)(H,27,28)(H,29,30);5-6H,1-4H2. The monoisotopic (exact) mass is 562 g/mol. The number of hydrogen-bond donors (Lipinski definition) is 4. The first kappa shape index (κ1) is 32.8. The molecule has 4 N–H and O–H groups in total. The van der Waals surface area contributed by atoms with Crippen molar-refractivity contribution in [3.8, 4) is 0 Å². The van der Waals surface area contributed by atoms with E-state index in [9.17, 15) is 19.2 Å². The van der Waals surface area contributed by atoms with Crippen LogP contribution in [-0.4, -0.2) is 181 Å². The third kappa shape index (κ3) is 17.7. The van der Waals surface area contributed by atoms with Gasteiger partial charge in [0.05, 0.1) is 52.6 Å². The summed E-state index contributed by atoms with van der Waals surface area (Å²) in [6.07, 6.45) is 1.86. The van der Waals surface area contributed by atoms with Crippen LogP contribution in [0.4, 0.5) is 0 Å². The molecule has 3 aliphatic rings. The number of carboxylic acids is 4. The van der Waals surface area contributed by atoms with E-state index in [1.807, 2.05) is 0 Å². The first-order valence-corrected chi connectivity index (χ1v) is 13.2. The van der Waals surface area contributed by atoms with Crippen LogP contribution in [0.2, 0.25) is 0 Å². The van der Waals surface area contributed by atoms with Crippen LogP contribution in [0.25, 0.3) is 0 Å². The van der Waals surface area contributed by atoms with E-state index in [2.05, 4.69) is 0 Å². The lowest BCUT2D eigenvalue weighted by molar-refractivity contribution is -0.140. The van der Waals surface area contributed by atoms with Crippen LogP contribution in [0, 0.1) is 0 Å². The Kier molecular flexibility index (Phi) is 15.2. The molecule has 2 atom stereocenters. The van der Waals surface area contributed by atoms with E-state index in [-0.39, 0.29) is 26.2 Å². The summed E-state index contributed by atoms with van der Waals surface area (Å²) in [6, 6.07) is 0. The van der Waals surface area contributed by atoms with Crippen molar-refractivity contribution in [2.24, 2.45) is 0 Å². The average Bonchev–Trinajstić information content (AvgIpc) is 3.75. The second kappa shape index (κ2) is 18.0. The highest BCUT2D eigenvalue weighted by atomic mass is 16.6. The zero-order valence-electron chi connectivity index (χ0n) is 22.3. The van der Waals surface area contributed by atoms with Gasteiger partial charge in [-0.1, -0.05) is 0 Å². The SMILES string of the molecule is C(OCC1CO1)C1CO1.O=C(O)CN1CCCN(CC(=O)O)CCN(CC(=O)O)CCCN(CC(=O)O)CC1. The minimum absolute atomic E-state index is 0.174. The minimum Gasteiger partial charge on any atom is -0.480 e. The summed E-state index contributed by atoms with van der Waals surface area (Å²) < 4.78 is 15.1. The summed E-state index contributed by atoms with van der Waals surface area (Å²) in [6.45, 7) is 5.78. The fourth-order valence-electron chi connectivity index (χ4n) is 4.11. The van der Waals surface area contributed by atoms with Crippen molar-refractivity contribution in [1.82, 2.24) is 19.6 Å². The number of nitrogens with zero attached hydrogens (tertiary/aromatic N) is 4. The Balaban J connectivity index is 0.000000489. The topological polar surface area (TPSA) is 196 Å². The molecule has 0 spiro atoms. The molecule has 3 fully saturated rings. The van der Waals surface area contributed by atoms with Crippen molar-refractivity contribution >= 4 is 23.9 Å². The summed E-state index contributed by atoms with van der Waals surface area (Å²) in [5.41, 5.74) is 0. The largest absolute Gasteiger partial charge is 0.480 e. The molecule has 3 heterocycles. The highest BCUT2D eigenvalue weighted by Crippen LogP contribution is 2.12. The minimum atomic E-state index is -0.979. The van der Waals surface area contributed by atoms with Gasteiger partial charge in [0.15, 0.2) is 0 Å². The van der Waals surface area contributed by atoms with E-state index in [1.165, 1.54) is 0 Å². The quantitative estimate of drug-likeness (QED) is 0.193. The number of aliphatic carboxylic acids is 4. The second-order valence-corrected chi connectivity index (χ2v) is 9.83. The predicted molar refractivity (Wildman–Crippen MR) is 136 cm³/mol. The van der Waals surface area contributed by atoms with Crippen LogP contribution in [0.1, 0.15) is 12.8 Å². The molecule has 3 saturated heterocycles. The molecular formula is C24H42N4O11. The van der Waals surface area contributed by atoms with Crippen molar-refractivity contribution in [3.63, 3.8) is 0 Å². The van der Waals surface area contributed by atoms with Gasteiger partial charge in [-0.25, -0.2) is 0 Å². The van der Waals surface area contributed by atoms with Crippen molar-refractivity contribution in [1.29, 1.82) is 0 Å². The predicted octanol–water partition coefficient (Wildman–Crippen LogP) is -1.87. The fourth-order valence-corrected chi connectivity index (χ4v) is 4.11. The summed E-state index contributed by atoms with van der Waals surface area (Å²) in [5.74, 6) is -3.92. The van der Waals surface area contributed by atoms with Gasteiger partial charge < -0.3 is 34.6 Å². The molecular weight excluding hydrogens is 520 g/mol. The van der Waals surface area contributed by atoms with Crippen LogP contribution in [0.5, 0.6) is 0 Å². The first-order chi connectivity index (χ1) is 18.6. The van der Waals surface area contributed by atoms with Gasteiger partial charge in [0.1, 0.15) is 12.2 Å². The molecule has 0 bridgehead atoms. The highest BCUT2D eigenvalue weighted by Gasteiger charge is 2.26. The van der Waals surface area contributed by atoms with E-state index in [0.717, 1.165) is 26.4 Å². The van der Waals surface area contributed by atoms with Crippen molar-refractivity contribution in [3.05, 3.63) is 0 Å². The first-order valence-electron chi connectivity index (χ1n) is 13.2. The lowest BCUT2D eigenvalue weighted by atomic mass is 10.2. The number of rotatable bonds is 12. The van der Waals surface area contributed by atoms with Gasteiger partial charge in [-0.05, 0) is 12.8 Å². The lowest BCUT2D eigenvalue weighted by Crippen LogP contribution is -2.44. The molecule has 15 nitrogen and oxygen atoms in total. The molecule has 0 saturated carbocycles. The van der Waals surface area contributed by atoms with Gasteiger partial charge in [0.2, 0.25) is 0 Å². The van der Waals surface area contributed by atoms with E-state index in [4.69, 9.17) is 34.6 Å². The molecule has 0 amide bonds. The molecule has 15 heteroatoms. The summed E-state index contributed by atoms with van der Waals surface area (Å²) in [5, 5.41) is 36.5. The number of carboxylic acid groups (broad SMARTS) is 4. The van der Waals surface area contributed by atoms with Crippen molar-refractivity contribution < 1.29 is 53.8 Å². The third-order valence-electron chi connectivity index (χ3n) is 6.21. The molecule has 3 aliphatic heterocycles. The maximum absolute atomic E-state index is 11.1. The summed E-state index contributed by atoms with van der Waals surface area (Å²) in [4.78, 5) is 51.5. The molecule has 0 aliphatic carbocycles. The summed E-state index contributed by atoms with van der Waals surface area (Å²) in [7, 11) is 0. The maximum Gasteiger partial charge on any atom is 0.317 e. The number of hydrogen-bond acceptors (Lipinski definition) is 11. The molecule has 0 aromatic rings. The Hall–Kier alpha value is -2.40. The van der Waals surface area contributed by atoms with Crippen LogP contribution < -0.4 is 0 Å². The zero-order valence-corrected chi connectivity index (χ0v) is 22.3. The van der Waals surface area contributed by atoms with Crippen LogP contribution >= 0.6 is 0 Å². The molecule has 0 aromatic carbocycles. The van der Waals surface area contributed by atoms with Crippen LogP contribution in [0.15, 0.2) is 0 Å². The number of ether oxygens (including phenoxy) is 3. The van der Waals surface area contributed by atoms with Gasteiger partial charge in [-0.3, -0.25) is 38.8 Å². The Morgan fingerprint density at radius 1 is 0.538 bits per heavy atom. The van der Waals surface area contributed by atoms with Crippen molar-refractivity contribution in [2.75, 3.05) is 105 Å². The Morgan fingerprint density at radius 2 is 0.795 bits per heavy atom. The molecule has 224 valence electrons. The van der Waals surface area contributed by atoms with Gasteiger partial charge in [0.25, 0.3) is 0 Å². The van der Waals surface area contributed by atoms with Gasteiger partial charge in [0, 0.05) is 52.4 Å². The van der Waals surface area contributed by atoms with Gasteiger partial charge in [-0.2, -0.15) is 0 Å². The van der Waals surface area contributed by atoms with Gasteiger partial charge in [-0.15, -0.1) is 0 Å². The fraction of sp³-hybridized carbons (Fsp3) is 0.833. The lowest BCUT2D eigenvalue weighted by Gasteiger charge is -2.30. The van der Waals surface area contributed by atoms with E-state index >= 15 is 0 Å². The Bertz CT molecular complexity index is 669. The average molecular weight is 563 g/mol. The molecule has 39 heavy (non-hydrogen) atoms. The van der Waals surface area contributed by atoms with Gasteiger partial charge >= 0.3 is 23.9 Å². The van der Waals surface area contributed by atoms with Crippen LogP contribution in [-0.2, 0) is 33.4 Å². The maximum atomic E-state index is 11.1. The zero-order chi connectivity index (χ0) is 28.6. The van der Waals surface area contributed by atoms with E-state index in [0.29, 0.717) is 77.4 Å². The second-order valence-electron chi connectivity index (χ2n) is 9.83. The molecule has 3 rings (SSSR count). The number of carbonyl (C=O) groups is 4. The van der Waals surface area contributed by atoms with E-state index in [1.54, 1.807) is 19.6 Å². The Morgan fingerprint density at radius 3 is 1.00 bits per heavy atom. The highest BCUT2D eigenvalue weighted by molar-refractivity contribution is 5.70.